The third-order valence-corrected chi connectivity index (χ3v) is 6.25. The zero-order chi connectivity index (χ0) is 30.3. The summed E-state index contributed by atoms with van der Waals surface area (Å²) < 4.78 is 63.4. The molecular formula is C29H31F4N3O5. The van der Waals surface area contributed by atoms with Gasteiger partial charge in [-0.2, -0.15) is 0 Å². The number of rotatable bonds is 14. The lowest BCUT2D eigenvalue weighted by Gasteiger charge is -2.16. The molecule has 0 fully saturated rings. The predicted molar refractivity (Wildman–Crippen MR) is 144 cm³/mol. The highest BCUT2D eigenvalue weighted by atomic mass is 19.1. The minimum Gasteiger partial charge on any atom is -0.493 e. The molecule has 2 aromatic carbocycles. The summed E-state index contributed by atoms with van der Waals surface area (Å²) in [6.45, 7) is 4.50. The molecule has 0 spiro atoms. The number of nitrogens with zero attached hydrogens (tertiary/aromatic N) is 1. The minimum atomic E-state index is -1.19. The van der Waals surface area contributed by atoms with Crippen LogP contribution in [0.4, 0.5) is 23.4 Å². The smallest absolute Gasteiger partial charge is 0.320 e. The van der Waals surface area contributed by atoms with E-state index in [4.69, 9.17) is 10.5 Å². The Labute approximate surface area is 233 Å². The Morgan fingerprint density at radius 2 is 1.61 bits per heavy atom. The maximum Gasteiger partial charge on any atom is 0.320 e. The average molecular weight is 578 g/mol. The second-order valence-corrected chi connectivity index (χ2v) is 9.88. The second kappa shape index (κ2) is 13.9. The number of halogens is 4. The molecular weight excluding hydrogens is 546 g/mol. The number of nitrogens with two attached hydrogens (primary N) is 1. The third-order valence-electron chi connectivity index (χ3n) is 6.25. The lowest BCUT2D eigenvalue weighted by Crippen LogP contribution is -2.38. The first-order valence-corrected chi connectivity index (χ1v) is 13.0. The fraction of sp³-hybridized carbons (Fsp3) is 0.345. The number of benzene rings is 2. The van der Waals surface area contributed by atoms with E-state index in [2.05, 4.69) is 5.32 Å². The summed E-state index contributed by atoms with van der Waals surface area (Å²) in [6, 6.07) is 5.20. The van der Waals surface area contributed by atoms with E-state index in [-0.39, 0.29) is 18.3 Å². The van der Waals surface area contributed by atoms with Crippen molar-refractivity contribution in [3.05, 3.63) is 87.2 Å². The fourth-order valence-corrected chi connectivity index (χ4v) is 4.25. The Bertz CT molecular complexity index is 1450. The van der Waals surface area contributed by atoms with Crippen LogP contribution in [0.2, 0.25) is 0 Å². The normalized spacial score (nSPS) is 12.0. The molecule has 0 bridgehead atoms. The SMILES string of the molecule is CC(C)C[C@H](NCCCCCOc1cc(F)c(-n2c(N)c(C(=O)c3ccc(F)cc3F)ccc2=O)c(F)c1)C(=O)O. The molecule has 0 unspecified atom stereocenters. The number of hydrogen-bond donors (Lipinski definition) is 3. The Hall–Kier alpha value is -4.19. The van der Waals surface area contributed by atoms with Crippen LogP contribution in [0.1, 0.15) is 55.5 Å². The Morgan fingerprint density at radius 1 is 0.951 bits per heavy atom. The molecule has 1 aromatic heterocycles. The van der Waals surface area contributed by atoms with E-state index in [0.717, 1.165) is 36.4 Å². The number of pyridine rings is 1. The Balaban J connectivity index is 1.68. The molecule has 0 amide bonds. The van der Waals surface area contributed by atoms with Gasteiger partial charge < -0.3 is 20.9 Å². The number of carbonyl (C=O) groups excluding carboxylic acids is 1. The Morgan fingerprint density at radius 3 is 2.22 bits per heavy atom. The summed E-state index contributed by atoms with van der Waals surface area (Å²) >= 11 is 0. The molecule has 0 aliphatic carbocycles. The van der Waals surface area contributed by atoms with Crippen molar-refractivity contribution >= 4 is 17.6 Å². The van der Waals surface area contributed by atoms with Crippen molar-refractivity contribution in [2.75, 3.05) is 18.9 Å². The van der Waals surface area contributed by atoms with Crippen LogP contribution in [0.5, 0.6) is 5.75 Å². The number of hydrogen-bond acceptors (Lipinski definition) is 6. The van der Waals surface area contributed by atoms with Crippen LogP contribution in [0.15, 0.2) is 47.3 Å². The summed E-state index contributed by atoms with van der Waals surface area (Å²) in [5.41, 5.74) is 3.20. The number of nitrogen functional groups attached to an aromatic ring is 1. The number of ketones is 1. The van der Waals surface area contributed by atoms with Crippen molar-refractivity contribution in [1.29, 1.82) is 0 Å². The highest BCUT2D eigenvalue weighted by molar-refractivity contribution is 6.11. The second-order valence-electron chi connectivity index (χ2n) is 9.88. The van der Waals surface area contributed by atoms with Gasteiger partial charge in [0.15, 0.2) is 17.4 Å². The lowest BCUT2D eigenvalue weighted by atomic mass is 10.0. The molecule has 3 rings (SSSR count). The molecule has 0 aliphatic heterocycles. The minimum absolute atomic E-state index is 0.127. The molecule has 8 nitrogen and oxygen atoms in total. The van der Waals surface area contributed by atoms with Gasteiger partial charge in [0.25, 0.3) is 5.56 Å². The van der Waals surface area contributed by atoms with Gasteiger partial charge in [0.05, 0.1) is 17.7 Å². The van der Waals surface area contributed by atoms with Crippen molar-refractivity contribution in [2.24, 2.45) is 5.92 Å². The number of ether oxygens (including phenoxy) is 1. The molecule has 1 atom stereocenters. The molecule has 12 heteroatoms. The standard InChI is InChI=1S/C29H31F4N3O5/c1-16(2)12-24(29(39)40)35-10-4-3-5-11-41-18-14-22(32)26(23(33)15-18)36-25(37)9-8-20(28(36)34)27(38)19-7-6-17(30)13-21(19)31/h6-9,13-16,24,35H,3-5,10-12,34H2,1-2H3,(H,39,40)/t24-/m0/s1. The molecule has 1 heterocycles. The van der Waals surface area contributed by atoms with Gasteiger partial charge in [0, 0.05) is 24.3 Å². The maximum atomic E-state index is 15.0. The molecule has 220 valence electrons. The number of aliphatic carboxylic acids is 1. The monoisotopic (exact) mass is 577 g/mol. The van der Waals surface area contributed by atoms with Gasteiger partial charge >= 0.3 is 5.97 Å². The van der Waals surface area contributed by atoms with Crippen LogP contribution in [-0.4, -0.2) is 40.6 Å². The van der Waals surface area contributed by atoms with E-state index in [0.29, 0.717) is 42.9 Å². The summed E-state index contributed by atoms with van der Waals surface area (Å²) in [7, 11) is 0. The van der Waals surface area contributed by atoms with Gasteiger partial charge in [-0.15, -0.1) is 0 Å². The zero-order valence-electron chi connectivity index (χ0n) is 22.6. The molecule has 0 saturated heterocycles. The number of carboxylic acid groups (broad SMARTS) is 1. The number of carboxylic acids is 1. The number of carbonyl (C=O) groups is 2. The van der Waals surface area contributed by atoms with E-state index in [1.807, 2.05) is 13.8 Å². The quantitative estimate of drug-likeness (QED) is 0.142. The highest BCUT2D eigenvalue weighted by Gasteiger charge is 2.23. The number of aromatic nitrogens is 1. The van der Waals surface area contributed by atoms with E-state index < -0.39 is 69.3 Å². The number of unbranched alkanes of at least 4 members (excludes halogenated alkanes) is 2. The van der Waals surface area contributed by atoms with Crippen molar-refractivity contribution in [1.82, 2.24) is 9.88 Å². The van der Waals surface area contributed by atoms with Gasteiger partial charge in [0.1, 0.15) is 34.9 Å². The predicted octanol–water partition coefficient (Wildman–Crippen LogP) is 4.85. The van der Waals surface area contributed by atoms with Gasteiger partial charge in [-0.25, -0.2) is 17.6 Å². The van der Waals surface area contributed by atoms with E-state index in [1.165, 1.54) is 0 Å². The van der Waals surface area contributed by atoms with Gasteiger partial charge in [-0.1, -0.05) is 13.8 Å². The first kappa shape index (κ1) is 31.3. The van der Waals surface area contributed by atoms with Gasteiger partial charge in [-0.3, -0.25) is 19.0 Å². The summed E-state index contributed by atoms with van der Waals surface area (Å²) in [6.07, 6.45) is 2.39. The van der Waals surface area contributed by atoms with Crippen LogP contribution in [0.3, 0.4) is 0 Å². The van der Waals surface area contributed by atoms with Crippen molar-refractivity contribution in [3.8, 4) is 11.4 Å². The lowest BCUT2D eigenvalue weighted by molar-refractivity contribution is -0.139. The van der Waals surface area contributed by atoms with E-state index >= 15 is 8.78 Å². The van der Waals surface area contributed by atoms with Crippen molar-refractivity contribution in [2.45, 2.75) is 45.6 Å². The molecule has 41 heavy (non-hydrogen) atoms. The van der Waals surface area contributed by atoms with Crippen molar-refractivity contribution in [3.63, 3.8) is 0 Å². The Kier molecular flexibility index (Phi) is 10.6. The third kappa shape index (κ3) is 7.94. The first-order chi connectivity index (χ1) is 19.4. The highest BCUT2D eigenvalue weighted by Crippen LogP contribution is 2.27. The van der Waals surface area contributed by atoms with E-state index in [9.17, 15) is 28.3 Å². The van der Waals surface area contributed by atoms with Crippen LogP contribution >= 0.6 is 0 Å². The number of anilines is 1. The average Bonchev–Trinajstić information content (AvgIpc) is 2.88. The number of nitrogens with one attached hydrogen (secondary N) is 1. The summed E-state index contributed by atoms with van der Waals surface area (Å²) in [4.78, 5) is 36.7. The maximum absolute atomic E-state index is 15.0. The van der Waals surface area contributed by atoms with Crippen LogP contribution < -0.4 is 21.3 Å². The molecule has 3 aromatic rings. The molecule has 0 aliphatic rings. The van der Waals surface area contributed by atoms with Crippen molar-refractivity contribution < 1.29 is 37.0 Å². The summed E-state index contributed by atoms with van der Waals surface area (Å²) in [5, 5.41) is 12.2. The summed E-state index contributed by atoms with van der Waals surface area (Å²) in [5.74, 6) is -6.93. The zero-order valence-corrected chi connectivity index (χ0v) is 22.6. The molecule has 4 N–H and O–H groups in total. The topological polar surface area (TPSA) is 124 Å². The largest absolute Gasteiger partial charge is 0.493 e. The molecule has 0 saturated carbocycles. The van der Waals surface area contributed by atoms with Gasteiger partial charge in [0.2, 0.25) is 0 Å². The van der Waals surface area contributed by atoms with Gasteiger partial charge in [-0.05, 0) is 56.3 Å². The van der Waals surface area contributed by atoms with Crippen LogP contribution in [-0.2, 0) is 4.79 Å². The van der Waals surface area contributed by atoms with E-state index in [1.54, 1.807) is 0 Å². The van der Waals surface area contributed by atoms with Crippen LogP contribution in [0, 0.1) is 29.2 Å². The fourth-order valence-electron chi connectivity index (χ4n) is 4.25. The van der Waals surface area contributed by atoms with Crippen LogP contribution in [0.25, 0.3) is 5.69 Å². The first-order valence-electron chi connectivity index (χ1n) is 13.0. The molecule has 0 radical (unpaired) electrons.